The van der Waals surface area contributed by atoms with Crippen molar-refractivity contribution in [3.8, 4) is 11.6 Å². The first-order valence-corrected chi connectivity index (χ1v) is 8.34. The molecule has 0 saturated heterocycles. The van der Waals surface area contributed by atoms with E-state index in [9.17, 15) is 4.79 Å². The van der Waals surface area contributed by atoms with Gasteiger partial charge in [0.15, 0.2) is 5.11 Å². The molecule has 0 fully saturated rings. The summed E-state index contributed by atoms with van der Waals surface area (Å²) in [5.74, 6) is 0.513. The number of rotatable bonds is 4. The lowest BCUT2D eigenvalue weighted by molar-refractivity contribution is 0.398. The van der Waals surface area contributed by atoms with E-state index in [4.69, 9.17) is 17.0 Å². The van der Waals surface area contributed by atoms with Gasteiger partial charge in [-0.2, -0.15) is 0 Å². The number of methoxy groups -OCH3 is 1. The highest BCUT2D eigenvalue weighted by atomic mass is 32.1. The Hall–Kier alpha value is -3.13. The number of benzene rings is 1. The second-order valence-corrected chi connectivity index (χ2v) is 6.01. The van der Waals surface area contributed by atoms with Crippen molar-refractivity contribution in [1.29, 1.82) is 0 Å². The largest absolute Gasteiger partial charge is 0.481 e. The summed E-state index contributed by atoms with van der Waals surface area (Å²) in [7, 11) is 3.39. The van der Waals surface area contributed by atoms with Crippen molar-refractivity contribution in [2.75, 3.05) is 17.7 Å². The van der Waals surface area contributed by atoms with Crippen molar-refractivity contribution in [1.82, 2.24) is 14.3 Å². The Bertz CT molecular complexity index is 977. The summed E-state index contributed by atoms with van der Waals surface area (Å²) in [6.07, 6.45) is 1.60. The average molecular weight is 369 g/mol. The van der Waals surface area contributed by atoms with E-state index in [1.54, 1.807) is 34.8 Å². The fourth-order valence-electron chi connectivity index (χ4n) is 2.56. The van der Waals surface area contributed by atoms with E-state index >= 15 is 0 Å². The predicted octanol–water partition coefficient (Wildman–Crippen LogP) is 2.70. The van der Waals surface area contributed by atoms with Gasteiger partial charge in [0, 0.05) is 13.1 Å². The Morgan fingerprint density at radius 2 is 1.88 bits per heavy atom. The zero-order valence-corrected chi connectivity index (χ0v) is 15.5. The van der Waals surface area contributed by atoms with Crippen molar-refractivity contribution in [2.24, 2.45) is 7.05 Å². The average Bonchev–Trinajstić information content (AvgIpc) is 2.86. The summed E-state index contributed by atoms with van der Waals surface area (Å²) in [5.41, 5.74) is 2.51. The van der Waals surface area contributed by atoms with Crippen LogP contribution in [0.25, 0.3) is 5.69 Å². The Morgan fingerprint density at radius 1 is 1.15 bits per heavy atom. The first-order chi connectivity index (χ1) is 12.5. The molecule has 0 radical (unpaired) electrons. The van der Waals surface area contributed by atoms with Crippen LogP contribution in [0, 0.1) is 6.92 Å². The van der Waals surface area contributed by atoms with Gasteiger partial charge in [-0.3, -0.25) is 9.48 Å². The maximum absolute atomic E-state index is 12.8. The van der Waals surface area contributed by atoms with Crippen molar-refractivity contribution in [3.63, 3.8) is 0 Å². The van der Waals surface area contributed by atoms with Gasteiger partial charge in [-0.1, -0.05) is 18.2 Å². The number of ether oxygens (including phenoxy) is 1. The molecule has 0 saturated carbocycles. The third kappa shape index (κ3) is 3.45. The Morgan fingerprint density at radius 3 is 2.50 bits per heavy atom. The second-order valence-electron chi connectivity index (χ2n) is 5.60. The molecular weight excluding hydrogens is 350 g/mol. The molecule has 3 aromatic rings. The molecule has 2 N–H and O–H groups in total. The van der Waals surface area contributed by atoms with Crippen LogP contribution < -0.4 is 20.9 Å². The standard InChI is InChI=1S/C18H19N5O2S/c1-12-16(17(24)23(22(12)2)14-7-5-4-6-8-14)21-18(26)20-13-9-10-15(25-3)19-11-13/h4-11H,1-3H3,(H2,20,21,26). The van der Waals surface area contributed by atoms with Gasteiger partial charge in [0.25, 0.3) is 5.56 Å². The van der Waals surface area contributed by atoms with Crippen LogP contribution >= 0.6 is 12.2 Å². The quantitative estimate of drug-likeness (QED) is 0.689. The Balaban J connectivity index is 1.83. The zero-order chi connectivity index (χ0) is 18.7. The van der Waals surface area contributed by atoms with E-state index in [2.05, 4.69) is 15.6 Å². The fourth-order valence-corrected chi connectivity index (χ4v) is 2.78. The SMILES string of the molecule is COc1ccc(NC(=S)Nc2c(C)n(C)n(-c3ccccc3)c2=O)cn1. The highest BCUT2D eigenvalue weighted by molar-refractivity contribution is 7.80. The predicted molar refractivity (Wildman–Crippen MR) is 106 cm³/mol. The van der Waals surface area contributed by atoms with Gasteiger partial charge in [0.1, 0.15) is 5.69 Å². The number of hydrogen-bond acceptors (Lipinski definition) is 4. The van der Waals surface area contributed by atoms with Gasteiger partial charge in [0.05, 0.1) is 30.4 Å². The molecule has 1 aromatic carbocycles. The zero-order valence-electron chi connectivity index (χ0n) is 14.7. The minimum Gasteiger partial charge on any atom is -0.481 e. The van der Waals surface area contributed by atoms with E-state index in [1.165, 1.54) is 0 Å². The number of hydrogen-bond donors (Lipinski definition) is 2. The number of nitrogens with zero attached hydrogens (tertiary/aromatic N) is 3. The molecule has 0 aliphatic heterocycles. The molecule has 0 aliphatic rings. The van der Waals surface area contributed by atoms with Crippen molar-refractivity contribution < 1.29 is 4.74 Å². The molecule has 0 aliphatic carbocycles. The number of pyridine rings is 1. The van der Waals surface area contributed by atoms with Gasteiger partial charge in [-0.05, 0) is 37.3 Å². The topological polar surface area (TPSA) is 73.1 Å². The third-order valence-electron chi connectivity index (χ3n) is 4.00. The lowest BCUT2D eigenvalue weighted by Gasteiger charge is -2.09. The van der Waals surface area contributed by atoms with Gasteiger partial charge in [0.2, 0.25) is 5.88 Å². The van der Waals surface area contributed by atoms with Gasteiger partial charge < -0.3 is 15.4 Å². The Kier molecular flexibility index (Phi) is 5.04. The van der Waals surface area contributed by atoms with Crippen LogP contribution in [0.15, 0.2) is 53.5 Å². The number of nitrogens with one attached hydrogen (secondary N) is 2. The number of aromatic nitrogens is 3. The molecule has 2 heterocycles. The third-order valence-corrected chi connectivity index (χ3v) is 4.20. The number of anilines is 2. The highest BCUT2D eigenvalue weighted by Crippen LogP contribution is 2.15. The Labute approximate surface area is 156 Å². The van der Waals surface area contributed by atoms with Crippen molar-refractivity contribution in [3.05, 3.63) is 64.7 Å². The van der Waals surface area contributed by atoms with Crippen LogP contribution in [0.1, 0.15) is 5.69 Å². The smallest absolute Gasteiger partial charge is 0.295 e. The molecule has 7 nitrogen and oxygen atoms in total. The van der Waals surface area contributed by atoms with Gasteiger partial charge >= 0.3 is 0 Å². The molecule has 0 amide bonds. The van der Waals surface area contributed by atoms with Crippen LogP contribution in [-0.4, -0.2) is 26.6 Å². The van der Waals surface area contributed by atoms with Crippen LogP contribution in [-0.2, 0) is 7.05 Å². The van der Waals surface area contributed by atoms with Crippen LogP contribution in [0.5, 0.6) is 5.88 Å². The molecule has 134 valence electrons. The summed E-state index contributed by atoms with van der Waals surface area (Å²) in [4.78, 5) is 17.0. The monoisotopic (exact) mass is 369 g/mol. The minimum atomic E-state index is -0.173. The summed E-state index contributed by atoms with van der Waals surface area (Å²) in [5, 5.41) is 6.31. The molecule has 0 unspecified atom stereocenters. The molecule has 26 heavy (non-hydrogen) atoms. The molecule has 2 aromatic heterocycles. The van der Waals surface area contributed by atoms with E-state index < -0.39 is 0 Å². The maximum Gasteiger partial charge on any atom is 0.295 e. The molecule has 3 rings (SSSR count). The lowest BCUT2D eigenvalue weighted by Crippen LogP contribution is -2.25. The highest BCUT2D eigenvalue weighted by Gasteiger charge is 2.16. The fraction of sp³-hybridized carbons (Fsp3) is 0.167. The first kappa shape index (κ1) is 17.7. The lowest BCUT2D eigenvalue weighted by atomic mass is 10.3. The minimum absolute atomic E-state index is 0.173. The van der Waals surface area contributed by atoms with Gasteiger partial charge in [-0.25, -0.2) is 9.67 Å². The molecule has 0 atom stereocenters. The van der Waals surface area contributed by atoms with Crippen molar-refractivity contribution in [2.45, 2.75) is 6.92 Å². The van der Waals surface area contributed by atoms with Crippen LogP contribution in [0.3, 0.4) is 0 Å². The molecular formula is C18H19N5O2S. The number of para-hydroxylation sites is 1. The van der Waals surface area contributed by atoms with E-state index in [0.717, 1.165) is 11.4 Å². The van der Waals surface area contributed by atoms with Crippen LogP contribution in [0.4, 0.5) is 11.4 Å². The maximum atomic E-state index is 12.8. The summed E-state index contributed by atoms with van der Waals surface area (Å²) in [6, 6.07) is 13.0. The molecule has 0 spiro atoms. The van der Waals surface area contributed by atoms with Gasteiger partial charge in [-0.15, -0.1) is 0 Å². The molecule has 8 heteroatoms. The first-order valence-electron chi connectivity index (χ1n) is 7.93. The van der Waals surface area contributed by atoms with E-state index in [0.29, 0.717) is 22.4 Å². The van der Waals surface area contributed by atoms with Crippen LogP contribution in [0.2, 0.25) is 0 Å². The normalized spacial score (nSPS) is 10.4. The summed E-state index contributed by atoms with van der Waals surface area (Å²) >= 11 is 5.33. The summed E-state index contributed by atoms with van der Waals surface area (Å²) < 4.78 is 8.41. The second kappa shape index (κ2) is 7.40. The summed E-state index contributed by atoms with van der Waals surface area (Å²) in [6.45, 7) is 1.86. The number of thiocarbonyl (C=S) groups is 1. The van der Waals surface area contributed by atoms with Crippen molar-refractivity contribution >= 4 is 28.7 Å². The van der Waals surface area contributed by atoms with E-state index in [-0.39, 0.29) is 5.56 Å². The van der Waals surface area contributed by atoms with E-state index in [1.807, 2.05) is 44.3 Å². The molecule has 0 bridgehead atoms.